The first-order valence-corrected chi connectivity index (χ1v) is 6.13. The number of nitrogens with zero attached hydrogens (tertiary/aromatic N) is 3. The standard InChI is InChI=1S/C11H13FN4S/c1-7(2)14-6-10-15-16-11(17-10)8-3-9(12)5-13-4-8/h3-5,7,14H,6H2,1-2H3. The van der Waals surface area contributed by atoms with Crippen molar-refractivity contribution in [2.24, 2.45) is 0 Å². The van der Waals surface area contributed by atoms with Crippen molar-refractivity contribution in [3.63, 3.8) is 0 Å². The molecule has 0 saturated heterocycles. The van der Waals surface area contributed by atoms with Crippen molar-refractivity contribution in [1.29, 1.82) is 0 Å². The van der Waals surface area contributed by atoms with Crippen molar-refractivity contribution in [3.05, 3.63) is 29.3 Å². The third-order valence-corrected chi connectivity index (χ3v) is 3.05. The van der Waals surface area contributed by atoms with Crippen molar-refractivity contribution >= 4 is 11.3 Å². The quantitative estimate of drug-likeness (QED) is 0.906. The molecule has 0 aliphatic carbocycles. The summed E-state index contributed by atoms with van der Waals surface area (Å²) in [6.07, 6.45) is 2.76. The minimum atomic E-state index is -0.362. The van der Waals surface area contributed by atoms with E-state index in [1.807, 2.05) is 0 Å². The third kappa shape index (κ3) is 3.28. The maximum atomic E-state index is 13.0. The molecule has 6 heteroatoms. The van der Waals surface area contributed by atoms with Crippen LogP contribution in [0.15, 0.2) is 18.5 Å². The minimum absolute atomic E-state index is 0.362. The molecule has 2 heterocycles. The maximum absolute atomic E-state index is 13.0. The highest BCUT2D eigenvalue weighted by atomic mass is 32.1. The molecular formula is C11H13FN4S. The zero-order valence-electron chi connectivity index (χ0n) is 9.64. The lowest BCUT2D eigenvalue weighted by Crippen LogP contribution is -2.21. The number of aromatic nitrogens is 3. The van der Waals surface area contributed by atoms with Gasteiger partial charge < -0.3 is 5.32 Å². The Morgan fingerprint density at radius 1 is 1.35 bits per heavy atom. The van der Waals surface area contributed by atoms with Gasteiger partial charge in [-0.3, -0.25) is 4.98 Å². The van der Waals surface area contributed by atoms with Gasteiger partial charge in [0.25, 0.3) is 0 Å². The Bertz CT molecular complexity index is 498. The molecule has 0 aliphatic rings. The third-order valence-electron chi connectivity index (χ3n) is 2.08. The molecule has 0 radical (unpaired) electrons. The van der Waals surface area contributed by atoms with Crippen molar-refractivity contribution in [2.75, 3.05) is 0 Å². The van der Waals surface area contributed by atoms with Crippen molar-refractivity contribution < 1.29 is 4.39 Å². The second-order valence-corrected chi connectivity index (χ2v) is 4.99. The summed E-state index contributed by atoms with van der Waals surface area (Å²) < 4.78 is 13.0. The van der Waals surface area contributed by atoms with Gasteiger partial charge in [0.1, 0.15) is 15.8 Å². The Labute approximate surface area is 103 Å². The summed E-state index contributed by atoms with van der Waals surface area (Å²) >= 11 is 1.45. The number of pyridine rings is 1. The Kier molecular flexibility index (Phi) is 3.75. The van der Waals surface area contributed by atoms with Crippen LogP contribution in [0.5, 0.6) is 0 Å². The molecule has 1 N–H and O–H groups in total. The molecule has 17 heavy (non-hydrogen) atoms. The number of nitrogens with one attached hydrogen (secondary N) is 1. The second kappa shape index (κ2) is 5.29. The monoisotopic (exact) mass is 252 g/mol. The zero-order chi connectivity index (χ0) is 12.3. The normalized spacial score (nSPS) is 11.1. The average molecular weight is 252 g/mol. The van der Waals surface area contributed by atoms with E-state index in [-0.39, 0.29) is 5.82 Å². The van der Waals surface area contributed by atoms with E-state index in [1.54, 1.807) is 6.20 Å². The van der Waals surface area contributed by atoms with Crippen molar-refractivity contribution in [2.45, 2.75) is 26.4 Å². The summed E-state index contributed by atoms with van der Waals surface area (Å²) in [6, 6.07) is 1.81. The number of rotatable bonds is 4. The van der Waals surface area contributed by atoms with E-state index in [2.05, 4.69) is 34.3 Å². The van der Waals surface area contributed by atoms with Gasteiger partial charge in [-0.1, -0.05) is 25.2 Å². The van der Waals surface area contributed by atoms with Gasteiger partial charge in [-0.25, -0.2) is 4.39 Å². The van der Waals surface area contributed by atoms with Crippen LogP contribution in [0.4, 0.5) is 4.39 Å². The fourth-order valence-electron chi connectivity index (χ4n) is 1.26. The molecule has 2 aromatic rings. The molecule has 2 rings (SSSR count). The Morgan fingerprint density at radius 2 is 2.18 bits per heavy atom. The first-order chi connectivity index (χ1) is 8.15. The van der Waals surface area contributed by atoms with Crippen molar-refractivity contribution in [3.8, 4) is 10.6 Å². The van der Waals surface area contributed by atoms with E-state index in [0.717, 1.165) is 5.01 Å². The molecule has 0 saturated carbocycles. The van der Waals surface area contributed by atoms with Crippen LogP contribution in [0.3, 0.4) is 0 Å². The topological polar surface area (TPSA) is 50.7 Å². The number of halogens is 1. The molecule has 0 aromatic carbocycles. The minimum Gasteiger partial charge on any atom is -0.308 e. The molecule has 0 spiro atoms. The molecule has 0 bridgehead atoms. The largest absolute Gasteiger partial charge is 0.308 e. The van der Waals surface area contributed by atoms with Crippen LogP contribution < -0.4 is 5.32 Å². The second-order valence-electron chi connectivity index (χ2n) is 3.93. The first kappa shape index (κ1) is 12.1. The summed E-state index contributed by atoms with van der Waals surface area (Å²) in [5, 5.41) is 12.9. The highest BCUT2D eigenvalue weighted by Gasteiger charge is 2.08. The number of hydrogen-bond acceptors (Lipinski definition) is 5. The average Bonchev–Trinajstić information content (AvgIpc) is 2.75. The van der Waals surface area contributed by atoms with Crippen LogP contribution in [0, 0.1) is 5.82 Å². The lowest BCUT2D eigenvalue weighted by atomic mass is 10.3. The van der Waals surface area contributed by atoms with Gasteiger partial charge in [-0.2, -0.15) is 0 Å². The highest BCUT2D eigenvalue weighted by molar-refractivity contribution is 7.14. The van der Waals surface area contributed by atoms with Crippen LogP contribution in [-0.4, -0.2) is 21.2 Å². The Hall–Kier alpha value is -1.40. The Balaban J connectivity index is 2.12. The molecule has 0 aliphatic heterocycles. The summed E-state index contributed by atoms with van der Waals surface area (Å²) in [5.41, 5.74) is 0.665. The molecule has 0 amide bonds. The smallest absolute Gasteiger partial charge is 0.149 e. The van der Waals surface area contributed by atoms with E-state index >= 15 is 0 Å². The lowest BCUT2D eigenvalue weighted by Gasteiger charge is -2.03. The first-order valence-electron chi connectivity index (χ1n) is 5.32. The van der Waals surface area contributed by atoms with Gasteiger partial charge in [0, 0.05) is 24.3 Å². The molecular weight excluding hydrogens is 239 g/mol. The number of hydrogen-bond donors (Lipinski definition) is 1. The molecule has 0 unspecified atom stereocenters. The van der Waals surface area contributed by atoms with Gasteiger partial charge in [0.15, 0.2) is 0 Å². The fraction of sp³-hybridized carbons (Fsp3) is 0.364. The molecule has 90 valence electrons. The van der Waals surface area contributed by atoms with E-state index < -0.39 is 0 Å². The van der Waals surface area contributed by atoms with Gasteiger partial charge in [-0.15, -0.1) is 10.2 Å². The van der Waals surface area contributed by atoms with Crippen molar-refractivity contribution in [1.82, 2.24) is 20.5 Å². The van der Waals surface area contributed by atoms with Gasteiger partial charge >= 0.3 is 0 Å². The van der Waals surface area contributed by atoms with Crippen LogP contribution in [-0.2, 0) is 6.54 Å². The fourth-order valence-corrected chi connectivity index (χ4v) is 2.03. The predicted octanol–water partition coefficient (Wildman–Crippen LogP) is 2.24. The molecule has 0 atom stereocenters. The molecule has 0 fully saturated rings. The van der Waals surface area contributed by atoms with Crippen LogP contribution in [0.25, 0.3) is 10.6 Å². The van der Waals surface area contributed by atoms with Gasteiger partial charge in [-0.05, 0) is 6.07 Å². The zero-order valence-corrected chi connectivity index (χ0v) is 10.5. The maximum Gasteiger partial charge on any atom is 0.149 e. The highest BCUT2D eigenvalue weighted by Crippen LogP contribution is 2.23. The summed E-state index contributed by atoms with van der Waals surface area (Å²) in [7, 11) is 0. The van der Waals surface area contributed by atoms with Gasteiger partial charge in [0.2, 0.25) is 0 Å². The van der Waals surface area contributed by atoms with E-state index in [9.17, 15) is 4.39 Å². The van der Waals surface area contributed by atoms with Gasteiger partial charge in [0.05, 0.1) is 6.20 Å². The summed E-state index contributed by atoms with van der Waals surface area (Å²) in [6.45, 7) is 4.81. The summed E-state index contributed by atoms with van der Waals surface area (Å²) in [4.78, 5) is 3.79. The van der Waals surface area contributed by atoms with E-state index in [0.29, 0.717) is 23.2 Å². The summed E-state index contributed by atoms with van der Waals surface area (Å²) in [5.74, 6) is -0.362. The SMILES string of the molecule is CC(C)NCc1nnc(-c2cncc(F)c2)s1. The van der Waals surface area contributed by atoms with Crippen LogP contribution in [0.2, 0.25) is 0 Å². The predicted molar refractivity (Wildman–Crippen MR) is 65.1 cm³/mol. The van der Waals surface area contributed by atoms with E-state index in [4.69, 9.17) is 0 Å². The lowest BCUT2D eigenvalue weighted by molar-refractivity contribution is 0.585. The molecule has 2 aromatic heterocycles. The van der Waals surface area contributed by atoms with Crippen LogP contribution >= 0.6 is 11.3 Å². The van der Waals surface area contributed by atoms with Crippen LogP contribution in [0.1, 0.15) is 18.9 Å². The Morgan fingerprint density at radius 3 is 2.88 bits per heavy atom. The molecule has 4 nitrogen and oxygen atoms in total. The van der Waals surface area contributed by atoms with E-state index in [1.165, 1.54) is 23.6 Å².